The lowest BCUT2D eigenvalue weighted by molar-refractivity contribution is -0.132. The zero-order valence-electron chi connectivity index (χ0n) is 16.6. The third-order valence-electron chi connectivity index (χ3n) is 5.57. The summed E-state index contributed by atoms with van der Waals surface area (Å²) in [6, 6.07) is 6.91. The summed E-state index contributed by atoms with van der Waals surface area (Å²) in [7, 11) is 1.60. The number of Topliss-reactive ketones (excluding diaryl/α,β-unsaturated/α-hetero) is 1. The molecule has 3 rings (SSSR count). The summed E-state index contributed by atoms with van der Waals surface area (Å²) >= 11 is 0. The van der Waals surface area contributed by atoms with E-state index < -0.39 is 17.4 Å². The second-order valence-corrected chi connectivity index (χ2v) is 8.52. The topological polar surface area (TPSA) is 66.8 Å². The van der Waals surface area contributed by atoms with Crippen molar-refractivity contribution in [3.63, 3.8) is 0 Å². The molecule has 1 N–H and O–H groups in total. The quantitative estimate of drug-likeness (QED) is 0.855. The van der Waals surface area contributed by atoms with Gasteiger partial charge in [0.15, 0.2) is 11.5 Å². The van der Waals surface area contributed by atoms with Gasteiger partial charge in [-0.2, -0.15) is 0 Å². The van der Waals surface area contributed by atoms with Crippen molar-refractivity contribution in [3.8, 4) is 5.75 Å². The van der Waals surface area contributed by atoms with Crippen molar-refractivity contribution in [1.82, 2.24) is 4.90 Å². The lowest BCUT2D eigenvalue weighted by atomic mass is 9.81. The first-order chi connectivity index (χ1) is 12.8. The molecule has 1 aromatic carbocycles. The standard InChI is InChI=1S/C22H29NO4/c1-22(2,3)20(25)17-18(14-10-12-16(27-4)13-11-14)23(21(26)19(17)24)15-8-6-5-7-9-15/h10-13,15,18,24H,5-9H2,1-4H3. The van der Waals surface area contributed by atoms with Crippen LogP contribution in [0.3, 0.4) is 0 Å². The number of hydrogen-bond acceptors (Lipinski definition) is 4. The Balaban J connectivity index is 2.08. The van der Waals surface area contributed by atoms with Gasteiger partial charge in [-0.15, -0.1) is 0 Å². The van der Waals surface area contributed by atoms with Crippen LogP contribution in [0.2, 0.25) is 0 Å². The number of amides is 1. The van der Waals surface area contributed by atoms with Crippen molar-refractivity contribution in [2.75, 3.05) is 7.11 Å². The summed E-state index contributed by atoms with van der Waals surface area (Å²) in [5.41, 5.74) is 0.367. The number of methoxy groups -OCH3 is 1. The molecule has 5 heteroatoms. The molecule has 0 aromatic heterocycles. The maximum Gasteiger partial charge on any atom is 0.290 e. The van der Waals surface area contributed by atoms with Crippen LogP contribution in [-0.4, -0.2) is 34.8 Å². The van der Waals surface area contributed by atoms with Gasteiger partial charge >= 0.3 is 0 Å². The summed E-state index contributed by atoms with van der Waals surface area (Å²) in [4.78, 5) is 27.9. The Kier molecular flexibility index (Phi) is 5.31. The molecule has 1 heterocycles. The smallest absolute Gasteiger partial charge is 0.290 e. The van der Waals surface area contributed by atoms with Gasteiger partial charge in [0, 0.05) is 11.5 Å². The van der Waals surface area contributed by atoms with Gasteiger partial charge in [0.25, 0.3) is 5.91 Å². The van der Waals surface area contributed by atoms with Gasteiger partial charge in [-0.1, -0.05) is 52.2 Å². The normalized spacial score (nSPS) is 21.7. The molecule has 1 amide bonds. The molecule has 1 atom stereocenters. The van der Waals surface area contributed by atoms with Gasteiger partial charge in [-0.05, 0) is 30.5 Å². The van der Waals surface area contributed by atoms with Crippen LogP contribution in [0.4, 0.5) is 0 Å². The highest BCUT2D eigenvalue weighted by Gasteiger charge is 2.48. The van der Waals surface area contributed by atoms with E-state index >= 15 is 0 Å². The predicted octanol–water partition coefficient (Wildman–Crippen LogP) is 4.34. The zero-order valence-corrected chi connectivity index (χ0v) is 16.6. The van der Waals surface area contributed by atoms with Gasteiger partial charge in [0.2, 0.25) is 0 Å². The number of ether oxygens (including phenoxy) is 1. The van der Waals surface area contributed by atoms with Crippen LogP contribution in [0.5, 0.6) is 5.75 Å². The number of aliphatic hydroxyl groups is 1. The Labute approximate surface area is 161 Å². The number of benzene rings is 1. The van der Waals surface area contributed by atoms with Gasteiger partial charge in [0.1, 0.15) is 5.75 Å². The summed E-state index contributed by atoms with van der Waals surface area (Å²) in [6.07, 6.45) is 5.10. The maximum atomic E-state index is 13.1. The molecule has 5 nitrogen and oxygen atoms in total. The SMILES string of the molecule is COc1ccc(C2C(C(=O)C(C)(C)C)=C(O)C(=O)N2C2CCCCC2)cc1. The van der Waals surface area contributed by atoms with Crippen molar-refractivity contribution in [3.05, 3.63) is 41.2 Å². The average molecular weight is 371 g/mol. The Morgan fingerprint density at radius 3 is 2.22 bits per heavy atom. The number of ketones is 1. The van der Waals surface area contributed by atoms with E-state index in [0.29, 0.717) is 5.75 Å². The fourth-order valence-corrected chi connectivity index (χ4v) is 4.11. The van der Waals surface area contributed by atoms with Gasteiger partial charge < -0.3 is 14.7 Å². The molecule has 1 aliphatic carbocycles. The zero-order chi connectivity index (χ0) is 19.8. The number of carbonyl (C=O) groups excluding carboxylic acids is 2. The average Bonchev–Trinajstić information content (AvgIpc) is 2.92. The maximum absolute atomic E-state index is 13.1. The van der Waals surface area contributed by atoms with Crippen molar-refractivity contribution in [1.29, 1.82) is 0 Å². The lowest BCUT2D eigenvalue weighted by Crippen LogP contribution is -2.41. The van der Waals surface area contributed by atoms with E-state index in [1.807, 2.05) is 45.0 Å². The van der Waals surface area contributed by atoms with E-state index in [2.05, 4.69) is 0 Å². The number of hydrogen-bond donors (Lipinski definition) is 1. The van der Waals surface area contributed by atoms with E-state index in [4.69, 9.17) is 4.74 Å². The second-order valence-electron chi connectivity index (χ2n) is 8.52. The van der Waals surface area contributed by atoms with Crippen molar-refractivity contribution < 1.29 is 19.4 Å². The minimum Gasteiger partial charge on any atom is -0.503 e. The third-order valence-corrected chi connectivity index (χ3v) is 5.57. The summed E-state index contributed by atoms with van der Waals surface area (Å²) < 4.78 is 5.24. The van der Waals surface area contributed by atoms with E-state index in [1.165, 1.54) is 6.42 Å². The van der Waals surface area contributed by atoms with Crippen LogP contribution in [0, 0.1) is 5.41 Å². The Morgan fingerprint density at radius 2 is 1.70 bits per heavy atom. The van der Waals surface area contributed by atoms with Crippen LogP contribution in [0.1, 0.15) is 64.5 Å². The molecular formula is C22H29NO4. The highest BCUT2D eigenvalue weighted by Crippen LogP contribution is 2.44. The number of rotatable bonds is 4. The Morgan fingerprint density at radius 1 is 1.11 bits per heavy atom. The van der Waals surface area contributed by atoms with Gasteiger partial charge in [0.05, 0.1) is 18.7 Å². The molecule has 27 heavy (non-hydrogen) atoms. The highest BCUT2D eigenvalue weighted by atomic mass is 16.5. The third kappa shape index (κ3) is 3.60. The molecule has 1 aliphatic heterocycles. The molecule has 1 saturated carbocycles. The van der Waals surface area contributed by atoms with E-state index in [9.17, 15) is 14.7 Å². The molecule has 2 aliphatic rings. The number of aliphatic hydroxyl groups excluding tert-OH is 1. The second kappa shape index (κ2) is 7.37. The Bertz CT molecular complexity index is 752. The van der Waals surface area contributed by atoms with E-state index in [-0.39, 0.29) is 23.2 Å². The molecule has 0 bridgehead atoms. The minimum atomic E-state index is -0.684. The molecule has 1 unspecified atom stereocenters. The number of nitrogens with zero attached hydrogens (tertiary/aromatic N) is 1. The van der Waals surface area contributed by atoms with Crippen molar-refractivity contribution in [2.45, 2.75) is 65.0 Å². The fourth-order valence-electron chi connectivity index (χ4n) is 4.11. The minimum absolute atomic E-state index is 0.0470. The molecular weight excluding hydrogens is 342 g/mol. The van der Waals surface area contributed by atoms with Crippen LogP contribution in [-0.2, 0) is 9.59 Å². The molecule has 0 radical (unpaired) electrons. The summed E-state index contributed by atoms with van der Waals surface area (Å²) in [5, 5.41) is 10.7. The van der Waals surface area contributed by atoms with E-state index in [0.717, 1.165) is 31.2 Å². The van der Waals surface area contributed by atoms with Crippen LogP contribution < -0.4 is 4.74 Å². The lowest BCUT2D eigenvalue weighted by Gasteiger charge is -2.37. The van der Waals surface area contributed by atoms with Gasteiger partial charge in [-0.3, -0.25) is 9.59 Å². The first-order valence-corrected chi connectivity index (χ1v) is 9.70. The molecule has 1 fully saturated rings. The largest absolute Gasteiger partial charge is 0.503 e. The highest BCUT2D eigenvalue weighted by molar-refractivity contribution is 6.10. The number of carbonyl (C=O) groups is 2. The molecule has 0 spiro atoms. The summed E-state index contributed by atoms with van der Waals surface area (Å²) in [6.45, 7) is 5.44. The molecule has 1 aromatic rings. The van der Waals surface area contributed by atoms with Crippen molar-refractivity contribution >= 4 is 11.7 Å². The Hall–Kier alpha value is -2.30. The molecule has 146 valence electrons. The fraction of sp³-hybridized carbons (Fsp3) is 0.545. The van der Waals surface area contributed by atoms with Crippen LogP contribution >= 0.6 is 0 Å². The predicted molar refractivity (Wildman–Crippen MR) is 104 cm³/mol. The van der Waals surface area contributed by atoms with E-state index in [1.54, 1.807) is 12.0 Å². The van der Waals surface area contributed by atoms with Crippen LogP contribution in [0.25, 0.3) is 0 Å². The monoisotopic (exact) mass is 371 g/mol. The first kappa shape index (κ1) is 19.5. The van der Waals surface area contributed by atoms with Crippen LogP contribution in [0.15, 0.2) is 35.6 Å². The first-order valence-electron chi connectivity index (χ1n) is 9.70. The van der Waals surface area contributed by atoms with Gasteiger partial charge in [-0.25, -0.2) is 0 Å². The molecule has 0 saturated heterocycles. The summed E-state index contributed by atoms with van der Waals surface area (Å²) in [5.74, 6) is -0.284. The van der Waals surface area contributed by atoms with Crippen molar-refractivity contribution in [2.24, 2.45) is 5.41 Å².